The smallest absolute Gasteiger partial charge is 0.275 e. The highest BCUT2D eigenvalue weighted by Crippen LogP contribution is 2.23. The van der Waals surface area contributed by atoms with Crippen molar-refractivity contribution in [2.45, 2.75) is 39.2 Å². The van der Waals surface area contributed by atoms with Crippen molar-refractivity contribution in [3.63, 3.8) is 0 Å². The van der Waals surface area contributed by atoms with Gasteiger partial charge >= 0.3 is 0 Å². The van der Waals surface area contributed by atoms with E-state index in [2.05, 4.69) is 16.9 Å². The Balaban J connectivity index is 0.000000186. The minimum absolute atomic E-state index is 0.0119. The zero-order chi connectivity index (χ0) is 21.0. The number of aromatic amines is 1. The molecule has 1 aliphatic carbocycles. The van der Waals surface area contributed by atoms with E-state index in [4.69, 9.17) is 0 Å². The van der Waals surface area contributed by atoms with Crippen LogP contribution < -0.4 is 10.9 Å². The summed E-state index contributed by atoms with van der Waals surface area (Å²) in [5.41, 5.74) is 3.82. The van der Waals surface area contributed by atoms with Gasteiger partial charge in [-0.25, -0.2) is 4.39 Å². The molecule has 29 heavy (non-hydrogen) atoms. The molecule has 1 amide bonds. The second-order valence-electron chi connectivity index (χ2n) is 7.19. The van der Waals surface area contributed by atoms with Crippen molar-refractivity contribution in [1.82, 2.24) is 14.9 Å². The predicted molar refractivity (Wildman–Crippen MR) is 114 cm³/mol. The number of pyridine rings is 1. The third-order valence-corrected chi connectivity index (χ3v) is 5.14. The second kappa shape index (κ2) is 8.90. The monoisotopic (exact) mass is 395 g/mol. The summed E-state index contributed by atoms with van der Waals surface area (Å²) < 4.78 is 14.5. The van der Waals surface area contributed by atoms with E-state index >= 15 is 0 Å². The van der Waals surface area contributed by atoms with Gasteiger partial charge in [0, 0.05) is 30.9 Å². The first kappa shape index (κ1) is 20.6. The van der Waals surface area contributed by atoms with Gasteiger partial charge in [0.1, 0.15) is 11.3 Å². The lowest BCUT2D eigenvalue weighted by Gasteiger charge is -2.15. The van der Waals surface area contributed by atoms with Crippen LogP contribution in [-0.4, -0.2) is 22.5 Å². The maximum Gasteiger partial charge on any atom is 0.275 e. The van der Waals surface area contributed by atoms with E-state index in [9.17, 15) is 14.0 Å². The quantitative estimate of drug-likeness (QED) is 0.661. The maximum atomic E-state index is 13.1. The number of aryl methyl sites for hydroxylation is 2. The number of nitrogens with zero attached hydrogens (tertiary/aromatic N) is 1. The lowest BCUT2D eigenvalue weighted by Crippen LogP contribution is -2.25. The van der Waals surface area contributed by atoms with Crippen molar-refractivity contribution < 1.29 is 9.18 Å². The fourth-order valence-corrected chi connectivity index (χ4v) is 3.72. The van der Waals surface area contributed by atoms with Crippen LogP contribution in [0.25, 0.3) is 10.9 Å². The molecule has 2 N–H and O–H groups in total. The molecule has 0 unspecified atom stereocenters. The number of allylic oxidation sites excluding steroid dienone is 1. The Kier molecular flexibility index (Phi) is 6.32. The number of amides is 1. The van der Waals surface area contributed by atoms with Gasteiger partial charge in [0.2, 0.25) is 0 Å². The predicted octanol–water partition coefficient (Wildman–Crippen LogP) is 3.89. The minimum atomic E-state index is -0.211. The zero-order valence-electron chi connectivity index (χ0n) is 16.8. The molecular weight excluding hydrogens is 369 g/mol. The lowest BCUT2D eigenvalue weighted by molar-refractivity contribution is 0.0964. The Morgan fingerprint density at radius 3 is 2.79 bits per heavy atom. The molecule has 2 heterocycles. The Bertz CT molecular complexity index is 1110. The molecule has 152 valence electrons. The van der Waals surface area contributed by atoms with Crippen molar-refractivity contribution in [3.05, 3.63) is 81.7 Å². The van der Waals surface area contributed by atoms with Crippen LogP contribution in [0.15, 0.2) is 47.9 Å². The summed E-state index contributed by atoms with van der Waals surface area (Å²) >= 11 is 0. The maximum absolute atomic E-state index is 13.1. The molecule has 4 rings (SSSR count). The topological polar surface area (TPSA) is 66.9 Å². The number of hydrogen-bond acceptors (Lipinski definition) is 2. The van der Waals surface area contributed by atoms with Gasteiger partial charge in [-0.15, -0.1) is 6.58 Å². The third-order valence-electron chi connectivity index (χ3n) is 5.14. The molecule has 0 radical (unpaired) electrons. The Morgan fingerprint density at radius 1 is 1.34 bits per heavy atom. The molecule has 1 aliphatic rings. The first-order valence-corrected chi connectivity index (χ1v) is 9.78. The van der Waals surface area contributed by atoms with Crippen molar-refractivity contribution in [1.29, 1.82) is 0 Å². The van der Waals surface area contributed by atoms with Crippen LogP contribution in [0.4, 0.5) is 4.39 Å². The number of fused-ring (bicyclic) bond motifs is 2. The highest BCUT2D eigenvalue weighted by Gasteiger charge is 2.15. The van der Waals surface area contributed by atoms with E-state index in [0.29, 0.717) is 23.0 Å². The standard InChI is InChI=1S/C13H15N3O2.C10H11F/c1-4-5-16-7-10(12(17)14-3)9-6-8(2)15-11(9)13(16)18;11-10-7-3-5-8-4-1-2-6-9(8)10/h4,6-7,15H,1,5H2,2-3H3,(H,14,17);3,5,7H,1-2,4,6H2. The molecule has 0 spiro atoms. The molecule has 1 aromatic carbocycles. The number of rotatable bonds is 3. The van der Waals surface area contributed by atoms with Gasteiger partial charge in [-0.3, -0.25) is 9.59 Å². The molecule has 3 aromatic rings. The molecule has 6 heteroatoms. The average Bonchev–Trinajstić information content (AvgIpc) is 3.12. The summed E-state index contributed by atoms with van der Waals surface area (Å²) in [6.45, 7) is 5.83. The fourth-order valence-electron chi connectivity index (χ4n) is 3.72. The fraction of sp³-hybridized carbons (Fsp3) is 0.304. The number of halogens is 1. The first-order chi connectivity index (χ1) is 14.0. The van der Waals surface area contributed by atoms with Crippen molar-refractivity contribution >= 4 is 16.8 Å². The zero-order valence-corrected chi connectivity index (χ0v) is 16.8. The van der Waals surface area contributed by atoms with Gasteiger partial charge in [-0.05, 0) is 55.9 Å². The highest BCUT2D eigenvalue weighted by atomic mass is 19.1. The van der Waals surface area contributed by atoms with Gasteiger partial charge < -0.3 is 14.9 Å². The van der Waals surface area contributed by atoms with E-state index < -0.39 is 0 Å². The van der Waals surface area contributed by atoms with Crippen LogP contribution >= 0.6 is 0 Å². The molecule has 0 atom stereocenters. The van der Waals surface area contributed by atoms with Crippen LogP contribution in [0.1, 0.15) is 40.0 Å². The number of carbonyl (C=O) groups excluding carboxylic acids is 1. The highest BCUT2D eigenvalue weighted by molar-refractivity contribution is 6.06. The van der Waals surface area contributed by atoms with Crippen LogP contribution in [0, 0.1) is 12.7 Å². The van der Waals surface area contributed by atoms with E-state index in [1.807, 2.05) is 13.0 Å². The van der Waals surface area contributed by atoms with Crippen LogP contribution in [-0.2, 0) is 19.4 Å². The molecule has 2 aromatic heterocycles. The molecular formula is C23H26FN3O2. The summed E-state index contributed by atoms with van der Waals surface area (Å²) in [5, 5.41) is 3.23. The molecule has 0 aliphatic heterocycles. The number of carbonyl (C=O) groups is 1. The molecule has 0 saturated heterocycles. The van der Waals surface area contributed by atoms with Crippen LogP contribution in [0.3, 0.4) is 0 Å². The van der Waals surface area contributed by atoms with Gasteiger partial charge in [0.05, 0.1) is 5.56 Å². The molecule has 0 fully saturated rings. The number of H-pyrrole nitrogens is 1. The minimum Gasteiger partial charge on any atom is -0.355 e. The second-order valence-corrected chi connectivity index (χ2v) is 7.19. The first-order valence-electron chi connectivity index (χ1n) is 9.78. The largest absolute Gasteiger partial charge is 0.355 e. The molecule has 0 saturated carbocycles. The lowest BCUT2D eigenvalue weighted by atomic mass is 9.91. The number of benzene rings is 1. The van der Waals surface area contributed by atoms with E-state index in [0.717, 1.165) is 30.5 Å². The van der Waals surface area contributed by atoms with Crippen LogP contribution in [0.5, 0.6) is 0 Å². The Labute approximate surface area is 169 Å². The van der Waals surface area contributed by atoms with E-state index in [-0.39, 0.29) is 17.3 Å². The van der Waals surface area contributed by atoms with Crippen LogP contribution in [0.2, 0.25) is 0 Å². The van der Waals surface area contributed by atoms with Crippen molar-refractivity contribution in [3.8, 4) is 0 Å². The molecule has 5 nitrogen and oxygen atoms in total. The average molecular weight is 395 g/mol. The summed E-state index contributed by atoms with van der Waals surface area (Å²) in [6.07, 6.45) is 7.55. The third kappa shape index (κ3) is 4.31. The number of nitrogens with one attached hydrogen (secondary N) is 2. The van der Waals surface area contributed by atoms with E-state index in [1.54, 1.807) is 37.5 Å². The Morgan fingerprint density at radius 2 is 2.10 bits per heavy atom. The van der Waals surface area contributed by atoms with Gasteiger partial charge in [-0.2, -0.15) is 0 Å². The number of aromatic nitrogens is 2. The Hall–Kier alpha value is -3.15. The van der Waals surface area contributed by atoms with Crippen molar-refractivity contribution in [2.24, 2.45) is 0 Å². The molecule has 0 bridgehead atoms. The normalized spacial score (nSPS) is 12.7. The summed E-state index contributed by atoms with van der Waals surface area (Å²) in [6, 6.07) is 7.21. The summed E-state index contributed by atoms with van der Waals surface area (Å²) in [4.78, 5) is 27.0. The number of hydrogen-bond donors (Lipinski definition) is 2. The summed E-state index contributed by atoms with van der Waals surface area (Å²) in [7, 11) is 1.57. The van der Waals surface area contributed by atoms with Crippen molar-refractivity contribution in [2.75, 3.05) is 7.05 Å². The van der Waals surface area contributed by atoms with Gasteiger partial charge in [-0.1, -0.05) is 18.2 Å². The van der Waals surface area contributed by atoms with Gasteiger partial charge in [0.25, 0.3) is 11.5 Å². The van der Waals surface area contributed by atoms with E-state index in [1.165, 1.54) is 16.6 Å². The summed E-state index contributed by atoms with van der Waals surface area (Å²) in [5.74, 6) is -0.223. The SMILES string of the molecule is C=CCn1cc(C(=O)NC)c2cc(C)[nH]c2c1=O.Fc1cccc2c1CCCC2. The van der Waals surface area contributed by atoms with Gasteiger partial charge in [0.15, 0.2) is 0 Å².